The first-order valence-corrected chi connectivity index (χ1v) is 9.20. The molecule has 0 saturated heterocycles. The van der Waals surface area contributed by atoms with Crippen molar-refractivity contribution in [2.24, 2.45) is 5.92 Å². The van der Waals surface area contributed by atoms with Crippen molar-refractivity contribution in [2.45, 2.75) is 32.0 Å². The summed E-state index contributed by atoms with van der Waals surface area (Å²) < 4.78 is 6.44. The van der Waals surface area contributed by atoms with Crippen LogP contribution in [0.2, 0.25) is 0 Å². The third-order valence-corrected chi connectivity index (χ3v) is 5.29. The molecule has 0 bridgehead atoms. The Kier molecular flexibility index (Phi) is 6.41. The lowest BCUT2D eigenvalue weighted by atomic mass is 10.1. The highest BCUT2D eigenvalue weighted by Crippen LogP contribution is 2.27. The first-order chi connectivity index (χ1) is 10.9. The van der Waals surface area contributed by atoms with E-state index >= 15 is 0 Å². The molecule has 23 heavy (non-hydrogen) atoms. The minimum atomic E-state index is -0.234. The van der Waals surface area contributed by atoms with Crippen molar-refractivity contribution >= 4 is 34.1 Å². The smallest absolute Gasteiger partial charge is 0.264 e. The van der Waals surface area contributed by atoms with E-state index in [0.29, 0.717) is 11.0 Å². The average molecular weight is 351 g/mol. The van der Waals surface area contributed by atoms with E-state index in [-0.39, 0.29) is 12.5 Å². The zero-order chi connectivity index (χ0) is 16.8. The summed E-state index contributed by atoms with van der Waals surface area (Å²) in [5.74, 6) is 2.07. The number of hydrogen-bond acceptors (Lipinski definition) is 6. The molecule has 1 aromatic carbocycles. The van der Waals surface area contributed by atoms with E-state index in [1.165, 1.54) is 11.3 Å². The second kappa shape index (κ2) is 8.31. The molecule has 0 radical (unpaired) electrons. The summed E-state index contributed by atoms with van der Waals surface area (Å²) in [6.07, 6.45) is 0. The predicted octanol–water partition coefficient (Wildman–Crippen LogP) is 3.92. The summed E-state index contributed by atoms with van der Waals surface area (Å²) in [4.78, 5) is 12.0. The van der Waals surface area contributed by atoms with Gasteiger partial charge in [-0.05, 0) is 37.0 Å². The van der Waals surface area contributed by atoms with Crippen LogP contribution < -0.4 is 10.1 Å². The summed E-state index contributed by atoms with van der Waals surface area (Å²) in [5.41, 5.74) is 2.11. The Bertz CT molecular complexity index is 671. The Morgan fingerprint density at radius 3 is 2.87 bits per heavy atom. The van der Waals surface area contributed by atoms with Crippen LogP contribution in [0, 0.1) is 19.8 Å². The topological polar surface area (TPSA) is 64.1 Å². The number of thioether (sulfide) groups is 1. The molecule has 0 aliphatic heterocycles. The van der Waals surface area contributed by atoms with Crippen LogP contribution in [0.4, 0.5) is 5.13 Å². The van der Waals surface area contributed by atoms with Crippen molar-refractivity contribution in [3.8, 4) is 5.75 Å². The highest BCUT2D eigenvalue weighted by molar-refractivity contribution is 8.01. The lowest BCUT2D eigenvalue weighted by Gasteiger charge is -2.09. The van der Waals surface area contributed by atoms with Gasteiger partial charge in [-0.25, -0.2) is 0 Å². The van der Waals surface area contributed by atoms with E-state index in [0.717, 1.165) is 27.0 Å². The van der Waals surface area contributed by atoms with Crippen molar-refractivity contribution in [1.29, 1.82) is 0 Å². The standard InChI is InChI=1S/C16H21N3O2S2/c1-10(2)9-22-16-19-18-15(23-16)17-14(20)8-21-13-7-11(3)5-6-12(13)4/h5-7,10H,8-9H2,1-4H3,(H,17,18,20). The van der Waals surface area contributed by atoms with Crippen LogP contribution in [0.5, 0.6) is 5.75 Å². The number of carbonyl (C=O) groups is 1. The molecular formula is C16H21N3O2S2. The second-order valence-corrected chi connectivity index (χ2v) is 7.93. The molecule has 0 fully saturated rings. The number of rotatable bonds is 7. The molecule has 1 heterocycles. The third-order valence-electron chi connectivity index (χ3n) is 2.90. The van der Waals surface area contributed by atoms with Crippen LogP contribution in [-0.4, -0.2) is 28.5 Å². The summed E-state index contributed by atoms with van der Waals surface area (Å²) in [5, 5.41) is 11.3. The van der Waals surface area contributed by atoms with Gasteiger partial charge in [0.05, 0.1) is 0 Å². The molecule has 1 N–H and O–H groups in total. The molecule has 124 valence electrons. The zero-order valence-electron chi connectivity index (χ0n) is 13.8. The van der Waals surface area contributed by atoms with E-state index in [1.54, 1.807) is 11.8 Å². The number of nitrogens with one attached hydrogen (secondary N) is 1. The van der Waals surface area contributed by atoms with Gasteiger partial charge < -0.3 is 4.74 Å². The Labute approximate surface area is 144 Å². The Morgan fingerprint density at radius 2 is 2.13 bits per heavy atom. The maximum absolute atomic E-state index is 12.0. The molecule has 1 aromatic heterocycles. The molecular weight excluding hydrogens is 330 g/mol. The maximum atomic E-state index is 12.0. The molecule has 7 heteroatoms. The van der Waals surface area contributed by atoms with Gasteiger partial charge in [0.15, 0.2) is 10.9 Å². The van der Waals surface area contributed by atoms with Crippen molar-refractivity contribution in [3.63, 3.8) is 0 Å². The minimum Gasteiger partial charge on any atom is -0.483 e. The fourth-order valence-corrected chi connectivity index (χ4v) is 3.46. The Hall–Kier alpha value is -1.60. The van der Waals surface area contributed by atoms with Crippen LogP contribution in [0.3, 0.4) is 0 Å². The summed E-state index contributed by atoms with van der Waals surface area (Å²) in [7, 11) is 0. The number of benzene rings is 1. The van der Waals surface area contributed by atoms with E-state index in [2.05, 4.69) is 29.4 Å². The highest BCUT2D eigenvalue weighted by atomic mass is 32.2. The van der Waals surface area contributed by atoms with Crippen molar-refractivity contribution in [2.75, 3.05) is 17.7 Å². The fraction of sp³-hybridized carbons (Fsp3) is 0.438. The maximum Gasteiger partial charge on any atom is 0.264 e. The zero-order valence-corrected chi connectivity index (χ0v) is 15.4. The van der Waals surface area contributed by atoms with E-state index in [4.69, 9.17) is 4.74 Å². The molecule has 0 aliphatic rings. The van der Waals surface area contributed by atoms with Crippen LogP contribution in [0.1, 0.15) is 25.0 Å². The van der Waals surface area contributed by atoms with E-state index < -0.39 is 0 Å². The van der Waals surface area contributed by atoms with Crippen molar-refractivity contribution < 1.29 is 9.53 Å². The van der Waals surface area contributed by atoms with E-state index in [1.807, 2.05) is 32.0 Å². The van der Waals surface area contributed by atoms with Gasteiger partial charge in [-0.15, -0.1) is 10.2 Å². The molecule has 0 aliphatic carbocycles. The molecule has 0 spiro atoms. The van der Waals surface area contributed by atoms with Crippen molar-refractivity contribution in [1.82, 2.24) is 10.2 Å². The van der Waals surface area contributed by atoms with Gasteiger partial charge in [-0.1, -0.05) is 49.1 Å². The second-order valence-electron chi connectivity index (χ2n) is 5.68. The fourth-order valence-electron chi connectivity index (χ4n) is 1.72. The number of aryl methyl sites for hydroxylation is 2. The molecule has 2 rings (SSSR count). The quantitative estimate of drug-likeness (QED) is 0.605. The normalized spacial score (nSPS) is 10.8. The van der Waals surface area contributed by atoms with Gasteiger partial charge in [0, 0.05) is 5.75 Å². The number of aromatic nitrogens is 2. The monoisotopic (exact) mass is 351 g/mol. The highest BCUT2D eigenvalue weighted by Gasteiger charge is 2.10. The van der Waals surface area contributed by atoms with Gasteiger partial charge in [-0.3, -0.25) is 10.1 Å². The third kappa shape index (κ3) is 5.84. The predicted molar refractivity (Wildman–Crippen MR) is 95.5 cm³/mol. The van der Waals surface area contributed by atoms with Crippen LogP contribution in [0.15, 0.2) is 22.5 Å². The van der Waals surface area contributed by atoms with Gasteiger partial charge in [-0.2, -0.15) is 0 Å². The SMILES string of the molecule is Cc1ccc(C)c(OCC(=O)Nc2nnc(SCC(C)C)s2)c1. The lowest BCUT2D eigenvalue weighted by Crippen LogP contribution is -2.20. The number of nitrogens with zero attached hydrogens (tertiary/aromatic N) is 2. The lowest BCUT2D eigenvalue weighted by molar-refractivity contribution is -0.118. The molecule has 5 nitrogen and oxygen atoms in total. The Balaban J connectivity index is 1.84. The van der Waals surface area contributed by atoms with Crippen LogP contribution in [-0.2, 0) is 4.79 Å². The number of hydrogen-bond donors (Lipinski definition) is 1. The van der Waals surface area contributed by atoms with Gasteiger partial charge in [0.25, 0.3) is 5.91 Å². The van der Waals surface area contributed by atoms with Crippen molar-refractivity contribution in [3.05, 3.63) is 29.3 Å². The number of anilines is 1. The number of carbonyl (C=O) groups excluding carboxylic acids is 1. The van der Waals surface area contributed by atoms with Gasteiger partial charge in [0.1, 0.15) is 5.75 Å². The van der Waals surface area contributed by atoms with Crippen LogP contribution >= 0.6 is 23.1 Å². The molecule has 0 saturated carbocycles. The Morgan fingerprint density at radius 1 is 1.35 bits per heavy atom. The molecule has 2 aromatic rings. The molecule has 0 atom stereocenters. The minimum absolute atomic E-state index is 0.0433. The van der Waals surface area contributed by atoms with Gasteiger partial charge >= 0.3 is 0 Å². The summed E-state index contributed by atoms with van der Waals surface area (Å²) in [6, 6.07) is 5.92. The molecule has 0 unspecified atom stereocenters. The first kappa shape index (κ1) is 17.7. The van der Waals surface area contributed by atoms with Gasteiger partial charge in [0.2, 0.25) is 5.13 Å². The van der Waals surface area contributed by atoms with E-state index in [9.17, 15) is 4.79 Å². The van der Waals surface area contributed by atoms with Crippen LogP contribution in [0.25, 0.3) is 0 Å². The molecule has 1 amide bonds. The average Bonchev–Trinajstić information content (AvgIpc) is 2.93. The largest absolute Gasteiger partial charge is 0.483 e. The first-order valence-electron chi connectivity index (χ1n) is 7.40. The summed E-state index contributed by atoms with van der Waals surface area (Å²) in [6.45, 7) is 8.21. The number of amides is 1. The summed E-state index contributed by atoms with van der Waals surface area (Å²) >= 11 is 3.04. The number of ether oxygens (including phenoxy) is 1.